The van der Waals surface area contributed by atoms with Crippen LogP contribution in [0.25, 0.3) is 5.65 Å². The van der Waals surface area contributed by atoms with Crippen molar-refractivity contribution in [3.8, 4) is 0 Å². The number of anilines is 1. The predicted octanol–water partition coefficient (Wildman–Crippen LogP) is 2.76. The summed E-state index contributed by atoms with van der Waals surface area (Å²) in [5.74, 6) is -0.558. The average Bonchev–Trinajstić information content (AvgIpc) is 3.09. The van der Waals surface area contributed by atoms with E-state index in [1.807, 2.05) is 38.2 Å². The van der Waals surface area contributed by atoms with E-state index in [4.69, 9.17) is 4.74 Å². The maximum atomic E-state index is 14.5. The van der Waals surface area contributed by atoms with E-state index in [1.54, 1.807) is 10.5 Å². The molecule has 3 aromatic rings. The fraction of sp³-hybridized carbons (Fsp3) is 0.391. The number of fused-ring (bicyclic) bond motifs is 1. The molecule has 7 nitrogen and oxygen atoms in total. The van der Waals surface area contributed by atoms with Gasteiger partial charge in [-0.2, -0.15) is 0 Å². The summed E-state index contributed by atoms with van der Waals surface area (Å²) in [5.41, 5.74) is 4.15. The highest BCUT2D eigenvalue weighted by Gasteiger charge is 2.16. The summed E-state index contributed by atoms with van der Waals surface area (Å²) >= 11 is 0. The number of benzene rings is 1. The number of aryl methyl sites for hydroxylation is 2. The quantitative estimate of drug-likeness (QED) is 0.609. The van der Waals surface area contributed by atoms with E-state index in [0.717, 1.165) is 44.1 Å². The van der Waals surface area contributed by atoms with Gasteiger partial charge in [0.15, 0.2) is 0 Å². The van der Waals surface area contributed by atoms with Crippen molar-refractivity contribution in [3.63, 3.8) is 0 Å². The van der Waals surface area contributed by atoms with Crippen LogP contribution >= 0.6 is 0 Å². The molecule has 0 aliphatic carbocycles. The zero-order valence-electron chi connectivity index (χ0n) is 17.9. The second-order valence-electron chi connectivity index (χ2n) is 7.86. The number of carbonyl (C=O) groups is 1. The zero-order valence-corrected chi connectivity index (χ0v) is 17.9. The Kier molecular flexibility index (Phi) is 6.48. The predicted molar refractivity (Wildman–Crippen MR) is 118 cm³/mol. The number of aromatic nitrogens is 2. The van der Waals surface area contributed by atoms with Crippen LogP contribution in [0.2, 0.25) is 0 Å². The number of pyridine rings is 1. The molecule has 0 bridgehead atoms. The summed E-state index contributed by atoms with van der Waals surface area (Å²) < 4.78 is 21.6. The Morgan fingerprint density at radius 1 is 1.19 bits per heavy atom. The van der Waals surface area contributed by atoms with Gasteiger partial charge in [0.2, 0.25) is 0 Å². The Labute approximate surface area is 181 Å². The molecule has 2 aromatic heterocycles. The Morgan fingerprint density at radius 2 is 2.00 bits per heavy atom. The minimum atomic E-state index is -0.324. The van der Waals surface area contributed by atoms with Crippen LogP contribution in [-0.4, -0.2) is 59.6 Å². The number of hydrogen-bond acceptors (Lipinski definition) is 5. The van der Waals surface area contributed by atoms with E-state index in [9.17, 15) is 9.18 Å². The third-order valence-electron chi connectivity index (χ3n) is 5.50. The first-order chi connectivity index (χ1) is 15.0. The molecule has 4 rings (SSSR count). The highest BCUT2D eigenvalue weighted by atomic mass is 19.1. The number of hydrogen-bond donors (Lipinski definition) is 2. The lowest BCUT2D eigenvalue weighted by molar-refractivity contribution is 0.0398. The van der Waals surface area contributed by atoms with Gasteiger partial charge in [-0.1, -0.05) is 6.07 Å². The Hall–Kier alpha value is -2.97. The molecule has 2 N–H and O–H groups in total. The first-order valence-corrected chi connectivity index (χ1v) is 10.6. The molecule has 1 aliphatic rings. The molecule has 0 radical (unpaired) electrons. The second kappa shape index (κ2) is 9.45. The molecule has 0 saturated carbocycles. The van der Waals surface area contributed by atoms with Gasteiger partial charge in [-0.3, -0.25) is 14.1 Å². The number of amides is 1. The molecule has 8 heteroatoms. The van der Waals surface area contributed by atoms with Crippen LogP contribution in [0.4, 0.5) is 10.1 Å². The van der Waals surface area contributed by atoms with E-state index in [2.05, 4.69) is 20.5 Å². The van der Waals surface area contributed by atoms with Crippen LogP contribution in [-0.2, 0) is 11.3 Å². The van der Waals surface area contributed by atoms with E-state index < -0.39 is 0 Å². The fourth-order valence-corrected chi connectivity index (χ4v) is 3.79. The minimum absolute atomic E-state index is 0.234. The van der Waals surface area contributed by atoms with Crippen LogP contribution in [0.1, 0.15) is 27.3 Å². The lowest BCUT2D eigenvalue weighted by Crippen LogP contribution is -2.39. The van der Waals surface area contributed by atoms with Gasteiger partial charge in [-0.25, -0.2) is 9.37 Å². The van der Waals surface area contributed by atoms with Crippen LogP contribution in [0.15, 0.2) is 36.5 Å². The number of imidazole rings is 1. The van der Waals surface area contributed by atoms with Crippen molar-refractivity contribution in [2.45, 2.75) is 20.4 Å². The van der Waals surface area contributed by atoms with Gasteiger partial charge in [0.25, 0.3) is 5.91 Å². The van der Waals surface area contributed by atoms with Crippen molar-refractivity contribution >= 4 is 17.2 Å². The van der Waals surface area contributed by atoms with Crippen molar-refractivity contribution in [2.24, 2.45) is 0 Å². The highest BCUT2D eigenvalue weighted by Crippen LogP contribution is 2.17. The minimum Gasteiger partial charge on any atom is -0.381 e. The zero-order chi connectivity index (χ0) is 21.8. The van der Waals surface area contributed by atoms with E-state index in [0.29, 0.717) is 29.2 Å². The standard InChI is InChI=1S/C23H28FN5O2/c1-16-5-7-29-21(13-16)27-17(2)22(29)23(30)26-15-18-3-4-20(19(24)14-18)25-6-8-28-9-11-31-12-10-28/h3-5,7,13-14,25H,6,8-12,15H2,1-2H3,(H,26,30). The summed E-state index contributed by atoms with van der Waals surface area (Å²) in [4.78, 5) is 19.5. The number of morpholine rings is 1. The third kappa shape index (κ3) is 5.03. The van der Waals surface area contributed by atoms with Crippen LogP contribution < -0.4 is 10.6 Å². The first kappa shape index (κ1) is 21.3. The van der Waals surface area contributed by atoms with Gasteiger partial charge in [-0.05, 0) is 49.2 Å². The van der Waals surface area contributed by atoms with Gasteiger partial charge < -0.3 is 15.4 Å². The van der Waals surface area contributed by atoms with Crippen LogP contribution in [0.3, 0.4) is 0 Å². The molecule has 3 heterocycles. The molecule has 31 heavy (non-hydrogen) atoms. The van der Waals surface area contributed by atoms with Gasteiger partial charge >= 0.3 is 0 Å². The maximum absolute atomic E-state index is 14.5. The first-order valence-electron chi connectivity index (χ1n) is 10.6. The van der Waals surface area contributed by atoms with Gasteiger partial charge in [-0.15, -0.1) is 0 Å². The Bertz CT molecular complexity index is 1080. The number of nitrogens with zero attached hydrogens (tertiary/aromatic N) is 3. The smallest absolute Gasteiger partial charge is 0.270 e. The molecule has 164 valence electrons. The van der Waals surface area contributed by atoms with Gasteiger partial charge in [0.05, 0.1) is 24.6 Å². The second-order valence-corrected chi connectivity index (χ2v) is 7.86. The number of ether oxygens (including phenoxy) is 1. The van der Waals surface area contributed by atoms with E-state index >= 15 is 0 Å². The fourth-order valence-electron chi connectivity index (χ4n) is 3.79. The normalized spacial score (nSPS) is 14.7. The summed E-state index contributed by atoms with van der Waals surface area (Å²) in [6.45, 7) is 8.88. The third-order valence-corrected chi connectivity index (χ3v) is 5.50. The SMILES string of the molecule is Cc1ccn2c(C(=O)NCc3ccc(NCCN4CCOCC4)c(F)c3)c(C)nc2c1. The van der Waals surface area contributed by atoms with Crippen molar-refractivity contribution in [1.82, 2.24) is 19.6 Å². The molecular weight excluding hydrogens is 397 g/mol. The number of halogens is 1. The van der Waals surface area contributed by atoms with Crippen molar-refractivity contribution in [1.29, 1.82) is 0 Å². The van der Waals surface area contributed by atoms with Crippen molar-refractivity contribution < 1.29 is 13.9 Å². The average molecular weight is 426 g/mol. The largest absolute Gasteiger partial charge is 0.381 e. The molecular formula is C23H28FN5O2. The molecule has 1 amide bonds. The number of nitrogens with one attached hydrogen (secondary N) is 2. The summed E-state index contributed by atoms with van der Waals surface area (Å²) in [5, 5.41) is 6.03. The van der Waals surface area contributed by atoms with Crippen molar-refractivity contribution in [3.05, 3.63) is 64.9 Å². The van der Waals surface area contributed by atoms with E-state index in [1.165, 1.54) is 6.07 Å². The lowest BCUT2D eigenvalue weighted by atomic mass is 10.2. The van der Waals surface area contributed by atoms with Crippen LogP contribution in [0.5, 0.6) is 0 Å². The number of carbonyl (C=O) groups excluding carboxylic acids is 1. The topological polar surface area (TPSA) is 70.9 Å². The summed E-state index contributed by atoms with van der Waals surface area (Å²) in [7, 11) is 0. The van der Waals surface area contributed by atoms with Crippen molar-refractivity contribution in [2.75, 3.05) is 44.7 Å². The monoisotopic (exact) mass is 425 g/mol. The van der Waals surface area contributed by atoms with Crippen LogP contribution in [0, 0.1) is 19.7 Å². The Morgan fingerprint density at radius 3 is 2.77 bits per heavy atom. The molecule has 0 atom stereocenters. The molecule has 1 aliphatic heterocycles. The summed E-state index contributed by atoms with van der Waals surface area (Å²) in [6.07, 6.45) is 1.84. The maximum Gasteiger partial charge on any atom is 0.270 e. The Balaban J connectivity index is 1.34. The molecule has 0 spiro atoms. The molecule has 1 saturated heterocycles. The highest BCUT2D eigenvalue weighted by molar-refractivity contribution is 5.94. The molecule has 0 unspecified atom stereocenters. The number of rotatable bonds is 7. The van der Waals surface area contributed by atoms with Gasteiger partial charge in [0.1, 0.15) is 17.2 Å². The molecule has 1 aromatic carbocycles. The summed E-state index contributed by atoms with van der Waals surface area (Å²) in [6, 6.07) is 8.88. The van der Waals surface area contributed by atoms with E-state index in [-0.39, 0.29) is 18.3 Å². The van der Waals surface area contributed by atoms with Gasteiger partial charge in [0, 0.05) is 38.9 Å². The molecule has 1 fully saturated rings. The lowest BCUT2D eigenvalue weighted by Gasteiger charge is -2.26.